The smallest absolute Gasteiger partial charge is 0.400 e. The van der Waals surface area contributed by atoms with E-state index < -0.39 is 0 Å². The summed E-state index contributed by atoms with van der Waals surface area (Å²) < 4.78 is 11.7. The SMILES string of the molecule is CC1(C)OB(/C=C/CCCCCC=O)OC1(C)C. The summed E-state index contributed by atoms with van der Waals surface area (Å²) in [4.78, 5) is 10.1. The monoisotopic (exact) mass is 252 g/mol. The van der Waals surface area contributed by atoms with E-state index in [1.807, 2.05) is 5.98 Å². The molecule has 0 amide bonds. The van der Waals surface area contributed by atoms with Crippen molar-refractivity contribution in [2.24, 2.45) is 0 Å². The van der Waals surface area contributed by atoms with E-state index in [0.717, 1.165) is 32.0 Å². The second kappa shape index (κ2) is 6.53. The van der Waals surface area contributed by atoms with Gasteiger partial charge in [0, 0.05) is 6.42 Å². The Balaban J connectivity index is 2.22. The molecular formula is C14H25BO3. The Morgan fingerprint density at radius 1 is 0.944 bits per heavy atom. The zero-order valence-corrected chi connectivity index (χ0v) is 12.1. The molecule has 0 aromatic carbocycles. The zero-order valence-electron chi connectivity index (χ0n) is 12.1. The standard InChI is InChI=1S/C14H25BO3/c1-13(2)14(3,4)18-15(17-13)11-9-7-5-6-8-10-12-16/h9,11-12H,5-8,10H2,1-4H3/b11-9+. The summed E-state index contributed by atoms with van der Waals surface area (Å²) in [5, 5.41) is 0. The number of carbonyl (C=O) groups excluding carboxylic acids is 1. The molecule has 18 heavy (non-hydrogen) atoms. The molecule has 102 valence electrons. The van der Waals surface area contributed by atoms with Crippen molar-refractivity contribution in [2.45, 2.75) is 71.0 Å². The van der Waals surface area contributed by atoms with Gasteiger partial charge in [0.15, 0.2) is 0 Å². The van der Waals surface area contributed by atoms with Crippen LogP contribution in [0.15, 0.2) is 12.1 Å². The summed E-state index contributed by atoms with van der Waals surface area (Å²) in [5.41, 5.74) is -0.516. The number of carbonyl (C=O) groups is 1. The fourth-order valence-corrected chi connectivity index (χ4v) is 1.84. The van der Waals surface area contributed by atoms with Gasteiger partial charge in [-0.3, -0.25) is 0 Å². The number of hydrogen-bond donors (Lipinski definition) is 0. The van der Waals surface area contributed by atoms with Gasteiger partial charge < -0.3 is 14.1 Å². The van der Waals surface area contributed by atoms with Gasteiger partial charge in [0.1, 0.15) is 6.29 Å². The summed E-state index contributed by atoms with van der Waals surface area (Å²) in [6.07, 6.45) is 8.01. The number of hydrogen-bond acceptors (Lipinski definition) is 3. The van der Waals surface area contributed by atoms with Crippen LogP contribution >= 0.6 is 0 Å². The first-order valence-corrected chi connectivity index (χ1v) is 6.85. The maximum atomic E-state index is 10.1. The van der Waals surface area contributed by atoms with Crippen LogP contribution in [0, 0.1) is 0 Å². The molecule has 1 aliphatic heterocycles. The van der Waals surface area contributed by atoms with Gasteiger partial charge >= 0.3 is 7.12 Å². The van der Waals surface area contributed by atoms with E-state index in [-0.39, 0.29) is 18.3 Å². The van der Waals surface area contributed by atoms with Crippen molar-refractivity contribution < 1.29 is 14.1 Å². The Bertz CT molecular complexity index is 281. The minimum absolute atomic E-state index is 0.232. The number of allylic oxidation sites excluding steroid dienone is 1. The van der Waals surface area contributed by atoms with Gasteiger partial charge in [-0.05, 0) is 47.0 Å². The van der Waals surface area contributed by atoms with Crippen LogP contribution < -0.4 is 0 Å². The number of unbranched alkanes of at least 4 members (excludes halogenated alkanes) is 4. The van der Waals surface area contributed by atoms with E-state index in [9.17, 15) is 4.79 Å². The molecule has 1 saturated heterocycles. The highest BCUT2D eigenvalue weighted by Gasteiger charge is 2.49. The molecule has 1 fully saturated rings. The van der Waals surface area contributed by atoms with Crippen molar-refractivity contribution in [1.29, 1.82) is 0 Å². The van der Waals surface area contributed by atoms with Crippen LogP contribution in [0.3, 0.4) is 0 Å². The second-order valence-electron chi connectivity index (χ2n) is 5.86. The van der Waals surface area contributed by atoms with Crippen LogP contribution in [-0.4, -0.2) is 24.6 Å². The van der Waals surface area contributed by atoms with E-state index in [0.29, 0.717) is 6.42 Å². The Morgan fingerprint density at radius 2 is 1.50 bits per heavy atom. The molecule has 0 saturated carbocycles. The van der Waals surface area contributed by atoms with Crippen LogP contribution in [0.25, 0.3) is 0 Å². The van der Waals surface area contributed by atoms with E-state index in [1.165, 1.54) is 0 Å². The van der Waals surface area contributed by atoms with E-state index in [4.69, 9.17) is 9.31 Å². The van der Waals surface area contributed by atoms with Crippen LogP contribution in [0.2, 0.25) is 0 Å². The average molecular weight is 252 g/mol. The minimum Gasteiger partial charge on any atom is -0.400 e. The summed E-state index contributed by atoms with van der Waals surface area (Å²) in [6.45, 7) is 8.22. The highest BCUT2D eigenvalue weighted by Crippen LogP contribution is 2.36. The van der Waals surface area contributed by atoms with E-state index in [1.54, 1.807) is 0 Å². The largest absolute Gasteiger partial charge is 0.486 e. The fraction of sp³-hybridized carbons (Fsp3) is 0.786. The lowest BCUT2D eigenvalue weighted by atomic mass is 9.89. The topological polar surface area (TPSA) is 35.5 Å². The van der Waals surface area contributed by atoms with Crippen molar-refractivity contribution in [2.75, 3.05) is 0 Å². The van der Waals surface area contributed by atoms with Crippen LogP contribution in [-0.2, 0) is 14.1 Å². The lowest BCUT2D eigenvalue weighted by Crippen LogP contribution is -2.41. The maximum absolute atomic E-state index is 10.1. The van der Waals surface area contributed by atoms with Gasteiger partial charge in [-0.2, -0.15) is 0 Å². The Kier molecular flexibility index (Phi) is 5.61. The normalized spacial score (nSPS) is 21.7. The first kappa shape index (κ1) is 15.5. The van der Waals surface area contributed by atoms with Gasteiger partial charge in [-0.15, -0.1) is 0 Å². The van der Waals surface area contributed by atoms with Gasteiger partial charge in [-0.25, -0.2) is 0 Å². The van der Waals surface area contributed by atoms with Crippen LogP contribution in [0.5, 0.6) is 0 Å². The van der Waals surface area contributed by atoms with Gasteiger partial charge in [-0.1, -0.05) is 18.5 Å². The summed E-state index contributed by atoms with van der Waals surface area (Å²) in [6, 6.07) is 0. The molecule has 1 rings (SSSR count). The molecule has 0 unspecified atom stereocenters. The second-order valence-corrected chi connectivity index (χ2v) is 5.86. The molecule has 1 heterocycles. The zero-order chi connectivity index (χ0) is 13.6. The lowest BCUT2D eigenvalue weighted by Gasteiger charge is -2.32. The Morgan fingerprint density at radius 3 is 2.06 bits per heavy atom. The third-order valence-corrected chi connectivity index (χ3v) is 3.76. The third kappa shape index (κ3) is 4.25. The molecule has 0 aromatic rings. The number of rotatable bonds is 7. The minimum atomic E-state index is -0.258. The number of aldehydes is 1. The van der Waals surface area contributed by atoms with Crippen molar-refractivity contribution in [1.82, 2.24) is 0 Å². The molecule has 4 heteroatoms. The third-order valence-electron chi connectivity index (χ3n) is 3.76. The lowest BCUT2D eigenvalue weighted by molar-refractivity contribution is -0.107. The van der Waals surface area contributed by atoms with Crippen molar-refractivity contribution in [3.05, 3.63) is 12.1 Å². The van der Waals surface area contributed by atoms with E-state index in [2.05, 4.69) is 33.8 Å². The molecule has 0 bridgehead atoms. The molecule has 1 aliphatic rings. The fourth-order valence-electron chi connectivity index (χ4n) is 1.84. The molecule has 3 nitrogen and oxygen atoms in total. The predicted octanol–water partition coefficient (Wildman–Crippen LogP) is 3.32. The molecule has 0 spiro atoms. The quantitative estimate of drug-likeness (QED) is 0.396. The molecular weight excluding hydrogens is 227 g/mol. The van der Waals surface area contributed by atoms with Gasteiger partial charge in [0.2, 0.25) is 0 Å². The first-order valence-electron chi connectivity index (χ1n) is 6.85. The molecule has 0 atom stereocenters. The summed E-state index contributed by atoms with van der Waals surface area (Å²) in [5.74, 6) is 2.00. The Labute approximate surface area is 111 Å². The van der Waals surface area contributed by atoms with Crippen molar-refractivity contribution in [3.63, 3.8) is 0 Å². The van der Waals surface area contributed by atoms with Crippen molar-refractivity contribution in [3.8, 4) is 0 Å². The maximum Gasteiger partial charge on any atom is 0.486 e. The molecule has 0 aliphatic carbocycles. The summed E-state index contributed by atoms with van der Waals surface area (Å²) >= 11 is 0. The van der Waals surface area contributed by atoms with Crippen LogP contribution in [0.4, 0.5) is 0 Å². The molecule has 0 N–H and O–H groups in total. The highest BCUT2D eigenvalue weighted by molar-refractivity contribution is 6.51. The molecule has 0 aromatic heterocycles. The van der Waals surface area contributed by atoms with E-state index >= 15 is 0 Å². The Hall–Kier alpha value is -0.605. The van der Waals surface area contributed by atoms with Gasteiger partial charge in [0.25, 0.3) is 0 Å². The van der Waals surface area contributed by atoms with Gasteiger partial charge in [0.05, 0.1) is 11.2 Å². The molecule has 0 radical (unpaired) electrons. The predicted molar refractivity (Wildman–Crippen MR) is 74.4 cm³/mol. The summed E-state index contributed by atoms with van der Waals surface area (Å²) in [7, 11) is -0.232. The first-order chi connectivity index (χ1) is 8.39. The highest BCUT2D eigenvalue weighted by atomic mass is 16.7. The van der Waals surface area contributed by atoms with Crippen molar-refractivity contribution >= 4 is 13.4 Å². The average Bonchev–Trinajstić information content (AvgIpc) is 2.46. The van der Waals surface area contributed by atoms with Crippen LogP contribution in [0.1, 0.15) is 59.8 Å².